The highest BCUT2D eigenvalue weighted by molar-refractivity contribution is 7.92. The Kier molecular flexibility index (Phi) is 5.92. The third kappa shape index (κ3) is 4.79. The second kappa shape index (κ2) is 7.92. The van der Waals surface area contributed by atoms with Gasteiger partial charge in [-0.2, -0.15) is 0 Å². The average Bonchev–Trinajstić information content (AvgIpc) is 2.55. The van der Waals surface area contributed by atoms with Gasteiger partial charge >= 0.3 is 0 Å². The summed E-state index contributed by atoms with van der Waals surface area (Å²) >= 11 is 0. The third-order valence-electron chi connectivity index (χ3n) is 3.37. The number of amides is 1. The maximum atomic E-state index is 12.7. The van der Waals surface area contributed by atoms with Gasteiger partial charge in [0, 0.05) is 13.2 Å². The van der Waals surface area contributed by atoms with Crippen LogP contribution in [0.2, 0.25) is 0 Å². The molecule has 1 amide bonds. The third-order valence-corrected chi connectivity index (χ3v) is 4.84. The van der Waals surface area contributed by atoms with E-state index in [2.05, 4.69) is 9.71 Å². The van der Waals surface area contributed by atoms with Crippen molar-refractivity contribution in [3.63, 3.8) is 0 Å². The quantitative estimate of drug-likeness (QED) is 0.834. The second-order valence-electron chi connectivity index (χ2n) is 5.45. The number of rotatable bonds is 7. The van der Waals surface area contributed by atoms with E-state index in [1.54, 1.807) is 44.4 Å². The average molecular weight is 347 g/mol. The molecule has 0 saturated heterocycles. The van der Waals surface area contributed by atoms with Crippen molar-refractivity contribution in [2.75, 3.05) is 17.5 Å². The molecule has 0 fully saturated rings. The lowest BCUT2D eigenvalue weighted by molar-refractivity contribution is 0.0784. The van der Waals surface area contributed by atoms with Crippen LogP contribution in [0, 0.1) is 0 Å². The normalized spacial score (nSPS) is 11.1. The standard InChI is InChI=1S/C17H21N3O3S/c1-3-12-24(22,23)19-16-10-5-4-9-15(16)17(21)20(2)13-14-8-6-7-11-18-14/h4-11,19H,3,12-13H2,1-2H3. The van der Waals surface area contributed by atoms with E-state index in [1.807, 2.05) is 18.2 Å². The first kappa shape index (κ1) is 17.9. The number of sulfonamides is 1. The molecule has 0 aliphatic rings. The van der Waals surface area contributed by atoms with Crippen LogP contribution >= 0.6 is 0 Å². The van der Waals surface area contributed by atoms with Gasteiger partial charge in [0.05, 0.1) is 29.2 Å². The largest absolute Gasteiger partial charge is 0.336 e. The molecule has 0 unspecified atom stereocenters. The molecule has 6 nitrogen and oxygen atoms in total. The summed E-state index contributed by atoms with van der Waals surface area (Å²) in [6.07, 6.45) is 2.17. The Morgan fingerprint density at radius 1 is 1.17 bits per heavy atom. The maximum Gasteiger partial charge on any atom is 0.256 e. The summed E-state index contributed by atoms with van der Waals surface area (Å²) in [4.78, 5) is 18.4. The molecule has 2 aromatic rings. The van der Waals surface area contributed by atoms with Crippen LogP contribution in [-0.4, -0.2) is 37.0 Å². The molecular formula is C17H21N3O3S. The SMILES string of the molecule is CCCS(=O)(=O)Nc1ccccc1C(=O)N(C)Cc1ccccn1. The van der Waals surface area contributed by atoms with Gasteiger partial charge in [-0.05, 0) is 30.7 Å². The summed E-state index contributed by atoms with van der Waals surface area (Å²) in [5.41, 5.74) is 1.37. The molecule has 0 aliphatic heterocycles. The fourth-order valence-corrected chi connectivity index (χ4v) is 3.41. The van der Waals surface area contributed by atoms with Crippen LogP contribution in [0.1, 0.15) is 29.4 Å². The number of nitrogens with one attached hydrogen (secondary N) is 1. The van der Waals surface area contributed by atoms with Crippen molar-refractivity contribution >= 4 is 21.6 Å². The van der Waals surface area contributed by atoms with Crippen molar-refractivity contribution in [2.24, 2.45) is 0 Å². The Balaban J connectivity index is 2.20. The Labute approximate surface area is 142 Å². The van der Waals surface area contributed by atoms with Crippen molar-refractivity contribution in [3.8, 4) is 0 Å². The molecule has 1 N–H and O–H groups in total. The predicted molar refractivity (Wildman–Crippen MR) is 94.2 cm³/mol. The summed E-state index contributed by atoms with van der Waals surface area (Å²) in [7, 11) is -1.80. The van der Waals surface area contributed by atoms with Crippen LogP contribution < -0.4 is 4.72 Å². The molecule has 0 atom stereocenters. The van der Waals surface area contributed by atoms with Crippen LogP contribution in [0.15, 0.2) is 48.7 Å². The first-order chi connectivity index (χ1) is 11.4. The van der Waals surface area contributed by atoms with Crippen molar-refractivity contribution in [1.29, 1.82) is 0 Å². The lowest BCUT2D eigenvalue weighted by Crippen LogP contribution is -2.28. The van der Waals surface area contributed by atoms with Gasteiger partial charge in [0.1, 0.15) is 0 Å². The van der Waals surface area contributed by atoms with Crippen LogP contribution in [-0.2, 0) is 16.6 Å². The number of carbonyl (C=O) groups is 1. The van der Waals surface area contributed by atoms with Crippen LogP contribution in [0.3, 0.4) is 0 Å². The predicted octanol–water partition coefficient (Wildman–Crippen LogP) is 2.51. The molecule has 128 valence electrons. The van der Waals surface area contributed by atoms with Crippen molar-refractivity contribution in [3.05, 3.63) is 59.9 Å². The number of anilines is 1. The molecule has 0 radical (unpaired) electrons. The molecule has 2 rings (SSSR count). The molecule has 1 aromatic carbocycles. The zero-order valence-corrected chi connectivity index (χ0v) is 14.6. The molecule has 1 aromatic heterocycles. The highest BCUT2D eigenvalue weighted by Gasteiger charge is 2.19. The van der Waals surface area contributed by atoms with E-state index in [-0.39, 0.29) is 11.7 Å². The van der Waals surface area contributed by atoms with Crippen molar-refractivity contribution in [2.45, 2.75) is 19.9 Å². The molecule has 1 heterocycles. The summed E-state index contributed by atoms with van der Waals surface area (Å²) in [5, 5.41) is 0. The Bertz CT molecular complexity index is 792. The van der Waals surface area contributed by atoms with E-state index in [0.29, 0.717) is 24.2 Å². The van der Waals surface area contributed by atoms with Gasteiger partial charge in [-0.25, -0.2) is 8.42 Å². The second-order valence-corrected chi connectivity index (χ2v) is 7.29. The summed E-state index contributed by atoms with van der Waals surface area (Å²) in [6, 6.07) is 12.1. The topological polar surface area (TPSA) is 79.4 Å². The fraction of sp³-hybridized carbons (Fsp3) is 0.294. The molecule has 0 aliphatic carbocycles. The zero-order valence-electron chi connectivity index (χ0n) is 13.8. The monoisotopic (exact) mass is 347 g/mol. The van der Waals surface area contributed by atoms with E-state index in [4.69, 9.17) is 0 Å². The number of carbonyl (C=O) groups excluding carboxylic acids is 1. The van der Waals surface area contributed by atoms with Gasteiger partial charge < -0.3 is 4.90 Å². The number of hydrogen-bond acceptors (Lipinski definition) is 4. The van der Waals surface area contributed by atoms with Gasteiger partial charge in [-0.3, -0.25) is 14.5 Å². The summed E-state index contributed by atoms with van der Waals surface area (Å²) < 4.78 is 26.5. The molecule has 0 saturated carbocycles. The van der Waals surface area contributed by atoms with E-state index in [0.717, 1.165) is 5.69 Å². The first-order valence-electron chi connectivity index (χ1n) is 7.68. The molecule has 24 heavy (non-hydrogen) atoms. The maximum absolute atomic E-state index is 12.7. The minimum absolute atomic E-state index is 0.0132. The number of hydrogen-bond donors (Lipinski definition) is 1. The van der Waals surface area contributed by atoms with Crippen LogP contribution in [0.25, 0.3) is 0 Å². The number of benzene rings is 1. The highest BCUT2D eigenvalue weighted by Crippen LogP contribution is 2.19. The number of nitrogens with zero attached hydrogens (tertiary/aromatic N) is 2. The van der Waals surface area contributed by atoms with Gasteiger partial charge in [-0.1, -0.05) is 25.1 Å². The molecular weight excluding hydrogens is 326 g/mol. The Morgan fingerprint density at radius 2 is 1.88 bits per heavy atom. The van der Waals surface area contributed by atoms with E-state index in [9.17, 15) is 13.2 Å². The van der Waals surface area contributed by atoms with Gasteiger partial charge in [0.15, 0.2) is 0 Å². The van der Waals surface area contributed by atoms with E-state index >= 15 is 0 Å². The molecule has 0 bridgehead atoms. The first-order valence-corrected chi connectivity index (χ1v) is 9.33. The van der Waals surface area contributed by atoms with Crippen molar-refractivity contribution in [1.82, 2.24) is 9.88 Å². The van der Waals surface area contributed by atoms with Gasteiger partial charge in [0.2, 0.25) is 10.0 Å². The van der Waals surface area contributed by atoms with Crippen LogP contribution in [0.5, 0.6) is 0 Å². The van der Waals surface area contributed by atoms with Crippen molar-refractivity contribution < 1.29 is 13.2 Å². The minimum atomic E-state index is -3.46. The van der Waals surface area contributed by atoms with E-state index < -0.39 is 10.0 Å². The minimum Gasteiger partial charge on any atom is -0.336 e. The summed E-state index contributed by atoms with van der Waals surface area (Å²) in [6.45, 7) is 2.13. The van der Waals surface area contributed by atoms with Crippen LogP contribution in [0.4, 0.5) is 5.69 Å². The zero-order chi connectivity index (χ0) is 17.6. The number of aromatic nitrogens is 1. The summed E-state index contributed by atoms with van der Waals surface area (Å²) in [5.74, 6) is -0.255. The molecule has 0 spiro atoms. The lowest BCUT2D eigenvalue weighted by Gasteiger charge is -2.19. The van der Waals surface area contributed by atoms with Gasteiger partial charge in [-0.15, -0.1) is 0 Å². The van der Waals surface area contributed by atoms with E-state index in [1.165, 1.54) is 4.90 Å². The number of para-hydroxylation sites is 1. The molecule has 7 heteroatoms. The smallest absolute Gasteiger partial charge is 0.256 e. The number of pyridine rings is 1. The highest BCUT2D eigenvalue weighted by atomic mass is 32.2. The van der Waals surface area contributed by atoms with Gasteiger partial charge in [0.25, 0.3) is 5.91 Å². The fourth-order valence-electron chi connectivity index (χ4n) is 2.26. The Morgan fingerprint density at radius 3 is 2.54 bits per heavy atom. The lowest BCUT2D eigenvalue weighted by atomic mass is 10.1. The Hall–Kier alpha value is -2.41.